The van der Waals surface area contributed by atoms with Crippen molar-refractivity contribution in [2.45, 2.75) is 12.5 Å². The highest BCUT2D eigenvalue weighted by Gasteiger charge is 2.15. The third-order valence-electron chi connectivity index (χ3n) is 2.73. The van der Waals surface area contributed by atoms with Gasteiger partial charge in [0.25, 0.3) is 0 Å². The second kappa shape index (κ2) is 7.50. The first kappa shape index (κ1) is 15.1. The molecule has 1 amide bonds. The molecule has 19 heavy (non-hydrogen) atoms. The molecule has 6 heteroatoms. The van der Waals surface area contributed by atoms with E-state index in [0.29, 0.717) is 18.5 Å². The van der Waals surface area contributed by atoms with Gasteiger partial charge in [0, 0.05) is 20.2 Å². The second-order valence-electron chi connectivity index (χ2n) is 3.96. The van der Waals surface area contributed by atoms with Gasteiger partial charge in [-0.3, -0.25) is 4.79 Å². The number of nitrogens with one attached hydrogen (secondary N) is 1. The summed E-state index contributed by atoms with van der Waals surface area (Å²) in [5.74, 6) is -1.27. The average Bonchev–Trinajstić information content (AvgIpc) is 2.40. The number of carbonyl (C=O) groups excluding carboxylic acids is 1. The summed E-state index contributed by atoms with van der Waals surface area (Å²) >= 11 is 0. The molecule has 0 fully saturated rings. The summed E-state index contributed by atoms with van der Waals surface area (Å²) in [5.41, 5.74) is 6.29. The van der Waals surface area contributed by atoms with Crippen LogP contribution >= 0.6 is 0 Å². The van der Waals surface area contributed by atoms with Gasteiger partial charge in [-0.1, -0.05) is 18.2 Å². The fourth-order valence-electron chi connectivity index (χ4n) is 1.69. The van der Waals surface area contributed by atoms with E-state index < -0.39 is 12.1 Å². The van der Waals surface area contributed by atoms with Gasteiger partial charge >= 0.3 is 5.97 Å². The third kappa shape index (κ3) is 4.35. The molecule has 0 bridgehead atoms. The molecule has 0 aliphatic heterocycles. The largest absolute Gasteiger partial charge is 0.478 e. The number of rotatable bonds is 7. The fraction of sp³-hybridized carbons (Fsp3) is 0.385. The molecular weight excluding hydrogens is 248 g/mol. The number of carbonyl (C=O) groups is 2. The predicted octanol–water partition coefficient (Wildman–Crippen LogP) is 0.0172. The maximum absolute atomic E-state index is 11.6. The highest BCUT2D eigenvalue weighted by molar-refractivity contribution is 5.89. The van der Waals surface area contributed by atoms with Crippen LogP contribution in [0, 0.1) is 0 Å². The summed E-state index contributed by atoms with van der Waals surface area (Å²) < 4.78 is 4.89. The van der Waals surface area contributed by atoms with Crippen molar-refractivity contribution in [1.29, 1.82) is 0 Å². The lowest BCUT2D eigenvalue weighted by Gasteiger charge is -2.13. The Labute approximate surface area is 111 Å². The van der Waals surface area contributed by atoms with Gasteiger partial charge in [-0.25, -0.2) is 4.79 Å². The summed E-state index contributed by atoms with van der Waals surface area (Å²) in [4.78, 5) is 22.6. The predicted molar refractivity (Wildman–Crippen MR) is 70.0 cm³/mol. The summed E-state index contributed by atoms with van der Waals surface area (Å²) in [5, 5.41) is 11.7. The molecule has 1 aromatic carbocycles. The Morgan fingerprint density at radius 1 is 1.42 bits per heavy atom. The van der Waals surface area contributed by atoms with Crippen molar-refractivity contribution in [2.75, 3.05) is 20.2 Å². The van der Waals surface area contributed by atoms with Gasteiger partial charge in [0.05, 0.1) is 5.56 Å². The minimum absolute atomic E-state index is 0.105. The number of amides is 1. The normalized spacial score (nSPS) is 11.9. The van der Waals surface area contributed by atoms with Crippen LogP contribution in [0.4, 0.5) is 0 Å². The van der Waals surface area contributed by atoms with Crippen LogP contribution in [0.25, 0.3) is 0 Å². The standard InChI is InChI=1S/C13H18N2O4/c1-19-11(8-14)12(16)15-7-6-9-4-2-3-5-10(9)13(17)18/h2-5,11H,6-8,14H2,1H3,(H,15,16)(H,17,18). The molecule has 1 unspecified atom stereocenters. The molecular formula is C13H18N2O4. The Hall–Kier alpha value is -1.92. The second-order valence-corrected chi connectivity index (χ2v) is 3.96. The van der Waals surface area contributed by atoms with E-state index in [9.17, 15) is 9.59 Å². The van der Waals surface area contributed by atoms with Crippen LogP contribution in [0.5, 0.6) is 0 Å². The first-order valence-corrected chi connectivity index (χ1v) is 5.92. The smallest absolute Gasteiger partial charge is 0.335 e. The van der Waals surface area contributed by atoms with Crippen molar-refractivity contribution >= 4 is 11.9 Å². The SMILES string of the molecule is COC(CN)C(=O)NCCc1ccccc1C(=O)O. The zero-order valence-electron chi connectivity index (χ0n) is 10.8. The van der Waals surface area contributed by atoms with Crippen LogP contribution in [0.1, 0.15) is 15.9 Å². The van der Waals surface area contributed by atoms with E-state index in [0.717, 1.165) is 0 Å². The number of ether oxygens (including phenoxy) is 1. The van der Waals surface area contributed by atoms with Crippen LogP contribution in [-0.4, -0.2) is 43.3 Å². The Morgan fingerprint density at radius 3 is 2.68 bits per heavy atom. The van der Waals surface area contributed by atoms with Crippen molar-refractivity contribution in [3.8, 4) is 0 Å². The zero-order valence-corrected chi connectivity index (χ0v) is 10.8. The maximum Gasteiger partial charge on any atom is 0.335 e. The molecule has 0 spiro atoms. The lowest BCUT2D eigenvalue weighted by Crippen LogP contribution is -2.41. The number of carboxylic acids is 1. The molecule has 0 aliphatic rings. The number of nitrogens with two attached hydrogens (primary N) is 1. The fourth-order valence-corrected chi connectivity index (χ4v) is 1.69. The summed E-state index contributed by atoms with van der Waals surface area (Å²) in [7, 11) is 1.41. The lowest BCUT2D eigenvalue weighted by molar-refractivity contribution is -0.130. The lowest BCUT2D eigenvalue weighted by atomic mass is 10.0. The minimum atomic E-state index is -0.973. The van der Waals surface area contributed by atoms with Gasteiger partial charge in [0.2, 0.25) is 5.91 Å². The topological polar surface area (TPSA) is 102 Å². The highest BCUT2D eigenvalue weighted by atomic mass is 16.5. The van der Waals surface area contributed by atoms with Crippen molar-refractivity contribution < 1.29 is 19.4 Å². The van der Waals surface area contributed by atoms with E-state index in [1.807, 2.05) is 0 Å². The Morgan fingerprint density at radius 2 is 2.11 bits per heavy atom. The number of hydrogen-bond acceptors (Lipinski definition) is 4. The van der Waals surface area contributed by atoms with Gasteiger partial charge in [-0.15, -0.1) is 0 Å². The van der Waals surface area contributed by atoms with E-state index in [1.165, 1.54) is 13.2 Å². The quantitative estimate of drug-likeness (QED) is 0.645. The summed E-state index contributed by atoms with van der Waals surface area (Å²) in [6.45, 7) is 0.442. The Bertz CT molecular complexity index is 444. The number of carboxylic acid groups (broad SMARTS) is 1. The number of hydrogen-bond donors (Lipinski definition) is 3. The number of methoxy groups -OCH3 is 1. The van der Waals surface area contributed by atoms with Crippen molar-refractivity contribution in [1.82, 2.24) is 5.32 Å². The van der Waals surface area contributed by atoms with E-state index in [4.69, 9.17) is 15.6 Å². The van der Waals surface area contributed by atoms with Crippen molar-refractivity contribution in [2.24, 2.45) is 5.73 Å². The molecule has 0 aromatic heterocycles. The summed E-state index contributed by atoms with van der Waals surface area (Å²) in [6, 6.07) is 6.70. The van der Waals surface area contributed by atoms with Crippen LogP contribution < -0.4 is 11.1 Å². The maximum atomic E-state index is 11.6. The molecule has 1 rings (SSSR count). The van der Waals surface area contributed by atoms with Crippen LogP contribution in [-0.2, 0) is 16.0 Å². The van der Waals surface area contributed by atoms with E-state index in [1.54, 1.807) is 18.2 Å². The van der Waals surface area contributed by atoms with Crippen molar-refractivity contribution in [3.63, 3.8) is 0 Å². The molecule has 4 N–H and O–H groups in total. The van der Waals surface area contributed by atoms with E-state index in [2.05, 4.69) is 5.32 Å². The van der Waals surface area contributed by atoms with Gasteiger partial charge in [0.1, 0.15) is 6.10 Å². The Balaban J connectivity index is 2.54. The van der Waals surface area contributed by atoms with Crippen LogP contribution in [0.15, 0.2) is 24.3 Å². The molecule has 104 valence electrons. The summed E-state index contributed by atoms with van der Waals surface area (Å²) in [6.07, 6.45) is -0.232. The van der Waals surface area contributed by atoms with Gasteiger partial charge in [-0.2, -0.15) is 0 Å². The number of benzene rings is 1. The molecule has 0 aliphatic carbocycles. The molecule has 0 saturated carbocycles. The molecule has 1 atom stereocenters. The van der Waals surface area contributed by atoms with Gasteiger partial charge < -0.3 is 20.9 Å². The Kier molecular flexibility index (Phi) is 5.98. The minimum Gasteiger partial charge on any atom is -0.478 e. The first-order valence-electron chi connectivity index (χ1n) is 5.92. The van der Waals surface area contributed by atoms with Gasteiger partial charge in [0.15, 0.2) is 0 Å². The van der Waals surface area contributed by atoms with E-state index >= 15 is 0 Å². The molecule has 1 aromatic rings. The third-order valence-corrected chi connectivity index (χ3v) is 2.73. The van der Waals surface area contributed by atoms with E-state index in [-0.39, 0.29) is 18.0 Å². The molecule has 6 nitrogen and oxygen atoms in total. The van der Waals surface area contributed by atoms with Crippen LogP contribution in [0.2, 0.25) is 0 Å². The molecule has 0 heterocycles. The molecule has 0 radical (unpaired) electrons. The highest BCUT2D eigenvalue weighted by Crippen LogP contribution is 2.08. The first-order chi connectivity index (χ1) is 9.10. The molecule has 0 saturated heterocycles. The number of aromatic carboxylic acids is 1. The zero-order chi connectivity index (χ0) is 14.3. The average molecular weight is 266 g/mol. The monoisotopic (exact) mass is 266 g/mol. The van der Waals surface area contributed by atoms with Crippen LogP contribution in [0.3, 0.4) is 0 Å². The van der Waals surface area contributed by atoms with Gasteiger partial charge in [-0.05, 0) is 18.1 Å². The van der Waals surface area contributed by atoms with Crippen molar-refractivity contribution in [3.05, 3.63) is 35.4 Å².